The molecule has 0 spiro atoms. The number of fused-ring (bicyclic) bond motifs is 1. The van der Waals surface area contributed by atoms with Crippen LogP contribution >= 0.6 is 0 Å². The highest BCUT2D eigenvalue weighted by Gasteiger charge is 2.30. The van der Waals surface area contributed by atoms with Gasteiger partial charge in [-0.2, -0.15) is 0 Å². The van der Waals surface area contributed by atoms with Crippen LogP contribution in [0.4, 0.5) is 5.69 Å². The highest BCUT2D eigenvalue weighted by atomic mass is 16.1. The summed E-state index contributed by atoms with van der Waals surface area (Å²) in [6, 6.07) is 11.9. The third kappa shape index (κ3) is 2.77. The summed E-state index contributed by atoms with van der Waals surface area (Å²) in [5.41, 5.74) is 3.59. The van der Waals surface area contributed by atoms with E-state index in [4.69, 9.17) is 4.99 Å². The Balaban J connectivity index is 1.97. The second-order valence-electron chi connectivity index (χ2n) is 5.35. The van der Waals surface area contributed by atoms with Gasteiger partial charge in [0.05, 0.1) is 17.8 Å². The van der Waals surface area contributed by atoms with Crippen LogP contribution in [0.25, 0.3) is 0 Å². The lowest BCUT2D eigenvalue weighted by Crippen LogP contribution is -2.29. The first kappa shape index (κ1) is 13.7. The molecule has 2 heterocycles. The number of hydrogen-bond donors (Lipinski definition) is 0. The summed E-state index contributed by atoms with van der Waals surface area (Å²) in [6.07, 6.45) is 5.92. The molecule has 1 unspecified atom stereocenters. The van der Waals surface area contributed by atoms with Gasteiger partial charge in [0.25, 0.3) is 0 Å². The Bertz CT molecular complexity index is 677. The van der Waals surface area contributed by atoms with Gasteiger partial charge >= 0.3 is 0 Å². The quantitative estimate of drug-likeness (QED) is 0.848. The van der Waals surface area contributed by atoms with E-state index in [2.05, 4.69) is 24.0 Å². The zero-order valence-electron chi connectivity index (χ0n) is 12.1. The average molecular weight is 278 g/mol. The highest BCUT2D eigenvalue weighted by molar-refractivity contribution is 6.18. The van der Waals surface area contributed by atoms with Crippen LogP contribution in [0.1, 0.15) is 35.7 Å². The number of benzene rings is 1. The first-order chi connectivity index (χ1) is 10.3. The minimum Gasteiger partial charge on any atom is -0.293 e. The number of carbonyl (C=O) groups is 1. The lowest BCUT2D eigenvalue weighted by atomic mass is 9.83. The summed E-state index contributed by atoms with van der Waals surface area (Å²) in [4.78, 5) is 21.6. The van der Waals surface area contributed by atoms with E-state index >= 15 is 0 Å². The Kier molecular flexibility index (Phi) is 3.91. The number of hydrogen-bond acceptors (Lipinski definition) is 3. The molecule has 0 saturated carbocycles. The van der Waals surface area contributed by atoms with E-state index in [1.807, 2.05) is 18.2 Å². The minimum absolute atomic E-state index is 0.137. The molecule has 0 saturated heterocycles. The van der Waals surface area contributed by atoms with E-state index in [0.717, 1.165) is 30.7 Å². The van der Waals surface area contributed by atoms with Crippen molar-refractivity contribution in [3.05, 3.63) is 59.9 Å². The van der Waals surface area contributed by atoms with Gasteiger partial charge in [0.2, 0.25) is 0 Å². The predicted octanol–water partition coefficient (Wildman–Crippen LogP) is 4.01. The van der Waals surface area contributed by atoms with Crippen LogP contribution in [0.15, 0.2) is 53.8 Å². The molecule has 0 amide bonds. The van der Waals surface area contributed by atoms with Crippen molar-refractivity contribution < 1.29 is 4.79 Å². The Morgan fingerprint density at radius 2 is 1.95 bits per heavy atom. The molecule has 3 heteroatoms. The van der Waals surface area contributed by atoms with Gasteiger partial charge in [-0.15, -0.1) is 0 Å². The van der Waals surface area contributed by atoms with Crippen molar-refractivity contribution in [2.45, 2.75) is 26.2 Å². The van der Waals surface area contributed by atoms with Crippen LogP contribution in [0.2, 0.25) is 0 Å². The summed E-state index contributed by atoms with van der Waals surface area (Å²) < 4.78 is 0. The number of Topliss-reactive ketones (excluding diaryl/α,β-unsaturated/α-hetero) is 1. The van der Waals surface area contributed by atoms with Crippen molar-refractivity contribution in [1.82, 2.24) is 4.98 Å². The molecule has 0 radical (unpaired) electrons. The highest BCUT2D eigenvalue weighted by Crippen LogP contribution is 2.30. The zero-order valence-corrected chi connectivity index (χ0v) is 12.1. The molecule has 2 aromatic rings. The van der Waals surface area contributed by atoms with Crippen LogP contribution in [-0.2, 0) is 6.42 Å². The number of ketones is 1. The van der Waals surface area contributed by atoms with Crippen LogP contribution in [0.3, 0.4) is 0 Å². The third-order valence-electron chi connectivity index (χ3n) is 3.84. The van der Waals surface area contributed by atoms with E-state index in [9.17, 15) is 4.79 Å². The monoisotopic (exact) mass is 278 g/mol. The molecule has 0 N–H and O–H groups in total. The minimum atomic E-state index is -0.137. The number of carbonyl (C=O) groups excluding carboxylic acids is 1. The maximum absolute atomic E-state index is 12.8. The number of aromatic nitrogens is 1. The van der Waals surface area contributed by atoms with Gasteiger partial charge < -0.3 is 0 Å². The zero-order chi connectivity index (χ0) is 14.7. The molecule has 1 aliphatic heterocycles. The fraction of sp³-hybridized carbons (Fsp3) is 0.278. The molecule has 106 valence electrons. The first-order valence-corrected chi connectivity index (χ1v) is 7.39. The van der Waals surface area contributed by atoms with Gasteiger partial charge in [-0.1, -0.05) is 43.7 Å². The van der Waals surface area contributed by atoms with Crippen molar-refractivity contribution in [2.24, 2.45) is 10.9 Å². The van der Waals surface area contributed by atoms with Gasteiger partial charge in [0.15, 0.2) is 5.78 Å². The lowest BCUT2D eigenvalue weighted by molar-refractivity contribution is 0.0951. The van der Waals surface area contributed by atoms with Gasteiger partial charge in [0.1, 0.15) is 0 Å². The lowest BCUT2D eigenvalue weighted by Gasteiger charge is -2.23. The maximum Gasteiger partial charge on any atom is 0.174 e. The van der Waals surface area contributed by atoms with Crippen LogP contribution < -0.4 is 0 Å². The Morgan fingerprint density at radius 3 is 2.71 bits per heavy atom. The smallest absolute Gasteiger partial charge is 0.174 e. The predicted molar refractivity (Wildman–Crippen MR) is 84.2 cm³/mol. The molecular weight excluding hydrogens is 260 g/mol. The first-order valence-electron chi connectivity index (χ1n) is 7.39. The molecule has 1 aromatic heterocycles. The SMILES string of the molecule is CCCC1=Nc2cnccc2C(=O)C1Cc1ccccc1. The molecule has 3 nitrogen and oxygen atoms in total. The van der Waals surface area contributed by atoms with Crippen molar-refractivity contribution in [3.8, 4) is 0 Å². The number of pyridine rings is 1. The molecule has 0 fully saturated rings. The van der Waals surface area contributed by atoms with Crippen molar-refractivity contribution in [1.29, 1.82) is 0 Å². The van der Waals surface area contributed by atoms with Gasteiger partial charge in [-0.25, -0.2) is 0 Å². The van der Waals surface area contributed by atoms with Gasteiger partial charge in [0, 0.05) is 17.5 Å². The Hall–Kier alpha value is -2.29. The molecule has 1 atom stereocenters. The summed E-state index contributed by atoms with van der Waals surface area (Å²) in [5.74, 6) is 0.0388. The van der Waals surface area contributed by atoms with Crippen LogP contribution in [0, 0.1) is 5.92 Å². The van der Waals surface area contributed by atoms with Gasteiger partial charge in [-0.3, -0.25) is 14.8 Å². The van der Waals surface area contributed by atoms with Gasteiger partial charge in [-0.05, 0) is 24.5 Å². The van der Waals surface area contributed by atoms with E-state index in [1.54, 1.807) is 18.5 Å². The standard InChI is InChI=1S/C18H18N2O/c1-2-6-16-15(11-13-7-4-3-5-8-13)18(21)14-9-10-19-12-17(14)20-16/h3-5,7-10,12,15H,2,6,11H2,1H3. The van der Waals surface area contributed by atoms with Crippen LogP contribution in [0.5, 0.6) is 0 Å². The van der Waals surface area contributed by atoms with Crippen molar-refractivity contribution >= 4 is 17.2 Å². The van der Waals surface area contributed by atoms with E-state index in [-0.39, 0.29) is 11.7 Å². The molecule has 21 heavy (non-hydrogen) atoms. The summed E-state index contributed by atoms with van der Waals surface area (Å²) in [6.45, 7) is 2.12. The number of aliphatic imine (C=N–C) groups is 1. The average Bonchev–Trinajstić information content (AvgIpc) is 2.52. The second kappa shape index (κ2) is 6.00. The molecule has 1 aromatic carbocycles. The normalized spacial score (nSPS) is 17.3. The summed E-state index contributed by atoms with van der Waals surface area (Å²) in [7, 11) is 0. The number of nitrogens with zero attached hydrogens (tertiary/aromatic N) is 2. The molecular formula is C18H18N2O. The Morgan fingerprint density at radius 1 is 1.14 bits per heavy atom. The van der Waals surface area contributed by atoms with E-state index in [0.29, 0.717) is 5.56 Å². The van der Waals surface area contributed by atoms with Crippen molar-refractivity contribution in [2.75, 3.05) is 0 Å². The van der Waals surface area contributed by atoms with Crippen LogP contribution in [-0.4, -0.2) is 16.5 Å². The van der Waals surface area contributed by atoms with E-state index < -0.39 is 0 Å². The molecule has 1 aliphatic rings. The summed E-state index contributed by atoms with van der Waals surface area (Å²) in [5, 5.41) is 0. The largest absolute Gasteiger partial charge is 0.293 e. The number of rotatable bonds is 4. The Labute approximate surface area is 124 Å². The fourth-order valence-corrected chi connectivity index (χ4v) is 2.80. The topological polar surface area (TPSA) is 42.3 Å². The molecule has 0 bridgehead atoms. The third-order valence-corrected chi connectivity index (χ3v) is 3.84. The maximum atomic E-state index is 12.8. The molecule has 0 aliphatic carbocycles. The summed E-state index contributed by atoms with van der Waals surface area (Å²) >= 11 is 0. The molecule has 3 rings (SSSR count). The fourth-order valence-electron chi connectivity index (χ4n) is 2.80. The van der Waals surface area contributed by atoms with Crippen molar-refractivity contribution in [3.63, 3.8) is 0 Å². The van der Waals surface area contributed by atoms with E-state index in [1.165, 1.54) is 5.56 Å². The second-order valence-corrected chi connectivity index (χ2v) is 5.35.